The van der Waals surface area contributed by atoms with Gasteiger partial charge in [-0.3, -0.25) is 0 Å². The molecule has 0 aliphatic carbocycles. The van der Waals surface area contributed by atoms with Crippen LogP contribution in [0.2, 0.25) is 0 Å². The predicted molar refractivity (Wildman–Crippen MR) is 119 cm³/mol. The molecule has 0 saturated heterocycles. The monoisotopic (exact) mass is 464 g/mol. The Morgan fingerprint density at radius 2 is 1.11 bits per heavy atom. The van der Waals surface area contributed by atoms with Crippen LogP contribution in [0.4, 0.5) is 0 Å². The minimum absolute atomic E-state index is 0.815. The SMILES string of the molecule is CN(C)CCn1nnnc1SCCSSCCSc1nnnn1CCN(C)C. The van der Waals surface area contributed by atoms with Crippen molar-refractivity contribution in [3.63, 3.8) is 0 Å². The van der Waals surface area contributed by atoms with E-state index >= 15 is 0 Å². The van der Waals surface area contributed by atoms with Gasteiger partial charge in [-0.15, -0.1) is 10.2 Å². The van der Waals surface area contributed by atoms with Gasteiger partial charge in [-0.2, -0.15) is 0 Å². The van der Waals surface area contributed by atoms with E-state index in [2.05, 4.69) is 40.9 Å². The molecule has 0 bridgehead atoms. The van der Waals surface area contributed by atoms with Crippen molar-refractivity contribution in [2.24, 2.45) is 0 Å². The van der Waals surface area contributed by atoms with Crippen LogP contribution in [0, 0.1) is 0 Å². The quantitative estimate of drug-likeness (QED) is 0.214. The second-order valence-corrected chi connectivity index (χ2v) is 11.1. The van der Waals surface area contributed by atoms with Gasteiger partial charge in [0.25, 0.3) is 0 Å². The molecular formula is C14H28N10S4. The molecule has 10 nitrogen and oxygen atoms in total. The van der Waals surface area contributed by atoms with E-state index < -0.39 is 0 Å². The molecule has 0 saturated carbocycles. The lowest BCUT2D eigenvalue weighted by atomic mass is 10.6. The molecule has 2 aromatic heterocycles. The Morgan fingerprint density at radius 1 is 0.679 bits per heavy atom. The summed E-state index contributed by atoms with van der Waals surface area (Å²) in [6.45, 7) is 3.49. The van der Waals surface area contributed by atoms with Crippen LogP contribution < -0.4 is 0 Å². The minimum atomic E-state index is 0.815. The molecule has 0 amide bonds. The van der Waals surface area contributed by atoms with Crippen molar-refractivity contribution >= 4 is 45.1 Å². The molecule has 0 spiro atoms. The highest BCUT2D eigenvalue weighted by Gasteiger charge is 2.08. The lowest BCUT2D eigenvalue weighted by Crippen LogP contribution is -2.19. The highest BCUT2D eigenvalue weighted by atomic mass is 33.1. The summed E-state index contributed by atoms with van der Waals surface area (Å²) in [6.07, 6.45) is 0. The molecule has 2 rings (SSSR count). The first-order valence-corrected chi connectivity index (χ1v) is 13.3. The zero-order valence-corrected chi connectivity index (χ0v) is 20.0. The molecule has 0 aromatic carbocycles. The number of hydrogen-bond acceptors (Lipinski definition) is 12. The van der Waals surface area contributed by atoms with Crippen LogP contribution in [0.1, 0.15) is 0 Å². The fourth-order valence-corrected chi connectivity index (χ4v) is 6.41. The molecule has 2 aromatic rings. The maximum absolute atomic E-state index is 4.11. The van der Waals surface area contributed by atoms with E-state index in [0.717, 1.165) is 59.5 Å². The third-order valence-corrected chi connectivity index (χ3v) is 8.24. The fraction of sp³-hybridized carbons (Fsp3) is 0.857. The third kappa shape index (κ3) is 9.31. The van der Waals surface area contributed by atoms with E-state index in [9.17, 15) is 0 Å². The highest BCUT2D eigenvalue weighted by molar-refractivity contribution is 8.76. The van der Waals surface area contributed by atoms with Gasteiger partial charge < -0.3 is 9.80 Å². The van der Waals surface area contributed by atoms with E-state index in [1.54, 1.807) is 23.5 Å². The maximum atomic E-state index is 4.11. The van der Waals surface area contributed by atoms with Crippen LogP contribution in [-0.2, 0) is 13.1 Å². The largest absolute Gasteiger partial charge is 0.308 e. The van der Waals surface area contributed by atoms with Crippen molar-refractivity contribution in [3.05, 3.63) is 0 Å². The molecule has 14 heteroatoms. The molecule has 0 aliphatic rings. The number of thioether (sulfide) groups is 2. The topological polar surface area (TPSA) is 93.7 Å². The smallest absolute Gasteiger partial charge is 0.209 e. The van der Waals surface area contributed by atoms with Crippen LogP contribution in [0.25, 0.3) is 0 Å². The maximum Gasteiger partial charge on any atom is 0.209 e. The number of hydrogen-bond donors (Lipinski definition) is 0. The number of aromatic nitrogens is 8. The Kier molecular flexibility index (Phi) is 11.6. The van der Waals surface area contributed by atoms with E-state index in [0.29, 0.717) is 0 Å². The molecule has 2 heterocycles. The molecule has 28 heavy (non-hydrogen) atoms. The van der Waals surface area contributed by atoms with Gasteiger partial charge in [0, 0.05) is 36.1 Å². The average Bonchev–Trinajstić information content (AvgIpc) is 3.29. The molecule has 0 N–H and O–H groups in total. The van der Waals surface area contributed by atoms with Crippen LogP contribution in [-0.4, -0.2) is 115 Å². The summed E-state index contributed by atoms with van der Waals surface area (Å²) in [6, 6.07) is 0. The summed E-state index contributed by atoms with van der Waals surface area (Å²) < 4.78 is 3.75. The molecule has 0 unspecified atom stereocenters. The van der Waals surface area contributed by atoms with Gasteiger partial charge in [-0.1, -0.05) is 45.1 Å². The molecule has 0 aliphatic heterocycles. The van der Waals surface area contributed by atoms with Crippen molar-refractivity contribution in [1.29, 1.82) is 0 Å². The van der Waals surface area contributed by atoms with Crippen molar-refractivity contribution in [1.82, 2.24) is 50.2 Å². The van der Waals surface area contributed by atoms with Gasteiger partial charge >= 0.3 is 0 Å². The lowest BCUT2D eigenvalue weighted by Gasteiger charge is -2.09. The summed E-state index contributed by atoms with van der Waals surface area (Å²) in [5, 5.41) is 25.7. The van der Waals surface area contributed by atoms with Crippen molar-refractivity contribution in [2.75, 3.05) is 64.3 Å². The number of rotatable bonds is 15. The Bertz CT molecular complexity index is 606. The molecule has 0 atom stereocenters. The van der Waals surface area contributed by atoms with Crippen LogP contribution in [0.15, 0.2) is 10.3 Å². The molecule has 0 radical (unpaired) electrons. The Balaban J connectivity index is 1.53. The first-order chi connectivity index (χ1) is 13.6. The van der Waals surface area contributed by atoms with Gasteiger partial charge in [-0.25, -0.2) is 9.36 Å². The van der Waals surface area contributed by atoms with E-state index in [1.807, 2.05) is 59.1 Å². The number of nitrogens with zero attached hydrogens (tertiary/aromatic N) is 10. The first kappa shape index (κ1) is 23.7. The molecule has 158 valence electrons. The predicted octanol–water partition coefficient (Wildman–Crippen LogP) is 1.05. The normalized spacial score (nSPS) is 11.8. The van der Waals surface area contributed by atoms with Crippen LogP contribution in [0.3, 0.4) is 0 Å². The van der Waals surface area contributed by atoms with Crippen molar-refractivity contribution in [2.45, 2.75) is 23.4 Å². The van der Waals surface area contributed by atoms with Crippen LogP contribution >= 0.6 is 45.1 Å². The van der Waals surface area contributed by atoms with Gasteiger partial charge in [0.05, 0.1) is 13.1 Å². The van der Waals surface area contributed by atoms with E-state index in [1.165, 1.54) is 0 Å². The summed E-state index contributed by atoms with van der Waals surface area (Å²) in [4.78, 5) is 4.25. The summed E-state index contributed by atoms with van der Waals surface area (Å²) in [7, 11) is 12.0. The lowest BCUT2D eigenvalue weighted by molar-refractivity contribution is 0.361. The molecule has 0 fully saturated rings. The van der Waals surface area contributed by atoms with Crippen molar-refractivity contribution < 1.29 is 0 Å². The Hall–Kier alpha value is -0.540. The zero-order valence-electron chi connectivity index (χ0n) is 16.8. The standard InChI is InChI=1S/C14H28N10S4/c1-21(2)5-7-23-13(15-17-19-23)25-9-11-27-28-12-10-26-14-16-18-20-24(14)8-6-22(3)4/h5-12H2,1-4H3. The fourth-order valence-electron chi connectivity index (χ4n) is 1.92. The first-order valence-electron chi connectivity index (χ1n) is 8.88. The second kappa shape index (κ2) is 13.6. The van der Waals surface area contributed by atoms with E-state index in [4.69, 9.17) is 0 Å². The second-order valence-electron chi connectivity index (χ2n) is 6.32. The zero-order chi connectivity index (χ0) is 20.2. The Labute approximate surface area is 182 Å². The average molecular weight is 465 g/mol. The van der Waals surface area contributed by atoms with Gasteiger partial charge in [0.1, 0.15) is 0 Å². The van der Waals surface area contributed by atoms with Crippen molar-refractivity contribution in [3.8, 4) is 0 Å². The van der Waals surface area contributed by atoms with Crippen LogP contribution in [0.5, 0.6) is 0 Å². The summed E-state index contributed by atoms with van der Waals surface area (Å²) in [5.74, 6) is 4.11. The van der Waals surface area contributed by atoms with E-state index in [-0.39, 0.29) is 0 Å². The minimum Gasteiger partial charge on any atom is -0.308 e. The molecular weight excluding hydrogens is 436 g/mol. The summed E-state index contributed by atoms with van der Waals surface area (Å²) in [5.41, 5.74) is 0. The number of tetrazole rings is 2. The Morgan fingerprint density at radius 3 is 1.50 bits per heavy atom. The number of likely N-dealkylation sites (N-methyl/N-ethyl adjacent to an activating group) is 2. The third-order valence-electron chi connectivity index (χ3n) is 3.40. The van der Waals surface area contributed by atoms with Gasteiger partial charge in [-0.05, 0) is 49.0 Å². The van der Waals surface area contributed by atoms with Gasteiger partial charge in [0.15, 0.2) is 0 Å². The highest BCUT2D eigenvalue weighted by Crippen LogP contribution is 2.26. The summed E-state index contributed by atoms with van der Waals surface area (Å²) >= 11 is 3.42. The van der Waals surface area contributed by atoms with Gasteiger partial charge in [0.2, 0.25) is 10.3 Å².